The predicted molar refractivity (Wildman–Crippen MR) is 123 cm³/mol. The molecule has 0 bridgehead atoms. The largest absolute Gasteiger partial charge is 0.459 e. The van der Waals surface area contributed by atoms with Crippen LogP contribution in [0.3, 0.4) is 0 Å². The van der Waals surface area contributed by atoms with Crippen LogP contribution in [0.4, 0.5) is 0 Å². The van der Waals surface area contributed by atoms with Gasteiger partial charge in [-0.05, 0) is 38.1 Å². The zero-order valence-electron chi connectivity index (χ0n) is 16.1. The van der Waals surface area contributed by atoms with E-state index in [1.807, 2.05) is 42.6 Å². The first-order valence-corrected chi connectivity index (χ1v) is 9.03. The highest BCUT2D eigenvalue weighted by atomic mass is 127. The number of aliphatic imine (C=N–C) groups is 1. The first-order valence-electron chi connectivity index (χ1n) is 9.03. The lowest BCUT2D eigenvalue weighted by molar-refractivity contribution is 0.488. The highest BCUT2D eigenvalue weighted by molar-refractivity contribution is 14.0. The lowest BCUT2D eigenvalue weighted by Gasteiger charge is -2.15. The van der Waals surface area contributed by atoms with Gasteiger partial charge in [-0.1, -0.05) is 24.3 Å². The normalized spacial score (nSPS) is 12.8. The molecule has 4 aromatic rings. The van der Waals surface area contributed by atoms with Gasteiger partial charge in [-0.15, -0.1) is 24.0 Å². The number of aromatic nitrogens is 2. The third kappa shape index (κ3) is 4.14. The van der Waals surface area contributed by atoms with Crippen LogP contribution in [0.15, 0.2) is 64.1 Å². The Morgan fingerprint density at radius 1 is 1.21 bits per heavy atom. The van der Waals surface area contributed by atoms with Crippen LogP contribution in [0, 0.1) is 6.92 Å². The van der Waals surface area contributed by atoms with Crippen LogP contribution in [0.2, 0.25) is 0 Å². The smallest absolute Gasteiger partial charge is 0.191 e. The number of hydrogen-bond acceptors (Lipinski definition) is 3. The summed E-state index contributed by atoms with van der Waals surface area (Å²) in [5, 5.41) is 7.79. The van der Waals surface area contributed by atoms with Crippen LogP contribution in [0.5, 0.6) is 0 Å². The van der Waals surface area contributed by atoms with Crippen molar-refractivity contribution in [2.75, 3.05) is 7.05 Å². The molecule has 0 saturated heterocycles. The number of imidazole rings is 1. The molecule has 146 valence electrons. The van der Waals surface area contributed by atoms with Crippen LogP contribution in [0.1, 0.15) is 30.1 Å². The molecule has 0 radical (unpaired) electrons. The van der Waals surface area contributed by atoms with Crippen LogP contribution < -0.4 is 10.6 Å². The maximum absolute atomic E-state index is 5.93. The van der Waals surface area contributed by atoms with Gasteiger partial charge in [-0.3, -0.25) is 4.99 Å². The van der Waals surface area contributed by atoms with E-state index in [0.717, 1.165) is 33.8 Å². The van der Waals surface area contributed by atoms with Crippen LogP contribution in [0.25, 0.3) is 16.6 Å². The van der Waals surface area contributed by atoms with E-state index in [-0.39, 0.29) is 30.0 Å². The molecule has 0 amide bonds. The molecule has 0 spiro atoms. The fourth-order valence-corrected chi connectivity index (χ4v) is 3.14. The van der Waals surface area contributed by atoms with Gasteiger partial charge in [0.2, 0.25) is 0 Å². The number of aryl methyl sites for hydroxylation is 1. The van der Waals surface area contributed by atoms with Gasteiger partial charge in [-0.25, -0.2) is 4.98 Å². The summed E-state index contributed by atoms with van der Waals surface area (Å²) in [4.78, 5) is 8.96. The first kappa shape index (κ1) is 20.2. The van der Waals surface area contributed by atoms with Crippen LogP contribution >= 0.6 is 24.0 Å². The summed E-state index contributed by atoms with van der Waals surface area (Å²) in [6.45, 7) is 4.72. The molecule has 0 aliphatic rings. The van der Waals surface area contributed by atoms with Gasteiger partial charge < -0.3 is 19.5 Å². The minimum atomic E-state index is -0.00749. The molecule has 7 heteroatoms. The summed E-state index contributed by atoms with van der Waals surface area (Å²) in [6, 6.07) is 16.2. The van der Waals surface area contributed by atoms with Gasteiger partial charge in [0.05, 0.1) is 18.3 Å². The van der Waals surface area contributed by atoms with E-state index in [2.05, 4.69) is 51.0 Å². The predicted octanol–water partition coefficient (Wildman–Crippen LogP) is 4.43. The number of fused-ring (bicyclic) bond motifs is 2. The Morgan fingerprint density at radius 3 is 2.79 bits per heavy atom. The maximum Gasteiger partial charge on any atom is 0.191 e. The number of pyridine rings is 1. The summed E-state index contributed by atoms with van der Waals surface area (Å²) in [7, 11) is 1.76. The van der Waals surface area contributed by atoms with E-state index >= 15 is 0 Å². The van der Waals surface area contributed by atoms with Gasteiger partial charge in [0.15, 0.2) is 5.96 Å². The van der Waals surface area contributed by atoms with Crippen molar-refractivity contribution in [3.8, 4) is 0 Å². The lowest BCUT2D eigenvalue weighted by atomic mass is 10.2. The van der Waals surface area contributed by atoms with E-state index in [1.54, 1.807) is 7.05 Å². The van der Waals surface area contributed by atoms with Crippen molar-refractivity contribution in [2.45, 2.75) is 26.4 Å². The van der Waals surface area contributed by atoms with E-state index in [4.69, 9.17) is 4.42 Å². The molecule has 0 fully saturated rings. The molecule has 28 heavy (non-hydrogen) atoms. The SMILES string of the molecule is CN=C(NCc1cn2c(C)cccc2n1)NC(C)c1cc2ccccc2o1.I. The number of hydrogen-bond donors (Lipinski definition) is 2. The number of para-hydroxylation sites is 1. The third-order valence-electron chi connectivity index (χ3n) is 4.63. The fraction of sp³-hybridized carbons (Fsp3) is 0.238. The second-order valence-corrected chi connectivity index (χ2v) is 6.61. The Labute approximate surface area is 181 Å². The van der Waals surface area contributed by atoms with E-state index < -0.39 is 0 Å². The van der Waals surface area contributed by atoms with Gasteiger partial charge in [-0.2, -0.15) is 0 Å². The minimum Gasteiger partial charge on any atom is -0.459 e. The quantitative estimate of drug-likeness (QED) is 0.253. The Hall–Kier alpha value is -2.55. The second-order valence-electron chi connectivity index (χ2n) is 6.61. The van der Waals surface area contributed by atoms with Crippen molar-refractivity contribution in [3.63, 3.8) is 0 Å². The van der Waals surface area contributed by atoms with Crippen molar-refractivity contribution >= 4 is 46.6 Å². The Kier molecular flexibility index (Phi) is 6.23. The summed E-state index contributed by atoms with van der Waals surface area (Å²) in [5.74, 6) is 1.58. The first-order chi connectivity index (χ1) is 13.1. The maximum atomic E-state index is 5.93. The summed E-state index contributed by atoms with van der Waals surface area (Å²) in [6.07, 6.45) is 2.05. The number of halogens is 1. The lowest BCUT2D eigenvalue weighted by Crippen LogP contribution is -2.38. The standard InChI is InChI=1S/C21H23N5O.HI/c1-14-7-6-10-20-25-17(13-26(14)20)12-23-21(22-3)24-15(2)19-11-16-8-4-5-9-18(16)27-19;/h4-11,13,15H,12H2,1-3H3,(H2,22,23,24);1H. The topological polar surface area (TPSA) is 66.9 Å². The van der Waals surface area contributed by atoms with Crippen molar-refractivity contribution in [2.24, 2.45) is 4.99 Å². The molecule has 0 aliphatic carbocycles. The molecule has 3 aromatic heterocycles. The van der Waals surface area contributed by atoms with Gasteiger partial charge in [0.25, 0.3) is 0 Å². The fourth-order valence-electron chi connectivity index (χ4n) is 3.14. The van der Waals surface area contributed by atoms with Crippen molar-refractivity contribution in [3.05, 3.63) is 71.9 Å². The number of benzene rings is 1. The Balaban J connectivity index is 0.00000225. The van der Waals surface area contributed by atoms with Gasteiger partial charge >= 0.3 is 0 Å². The molecule has 1 atom stereocenters. The molecular formula is C21H24IN5O. The number of guanidine groups is 1. The molecule has 2 N–H and O–H groups in total. The number of furan rings is 1. The Morgan fingerprint density at radius 2 is 2.04 bits per heavy atom. The van der Waals surface area contributed by atoms with Gasteiger partial charge in [0.1, 0.15) is 17.0 Å². The number of nitrogens with one attached hydrogen (secondary N) is 2. The van der Waals surface area contributed by atoms with Gasteiger partial charge in [0, 0.05) is 24.3 Å². The molecular weight excluding hydrogens is 465 g/mol. The van der Waals surface area contributed by atoms with E-state index in [0.29, 0.717) is 12.5 Å². The molecule has 4 rings (SSSR count). The zero-order chi connectivity index (χ0) is 18.8. The van der Waals surface area contributed by atoms with E-state index in [9.17, 15) is 0 Å². The molecule has 0 aliphatic heterocycles. The number of rotatable bonds is 4. The molecule has 1 unspecified atom stereocenters. The molecule has 0 saturated carbocycles. The van der Waals surface area contributed by atoms with Crippen molar-refractivity contribution in [1.29, 1.82) is 0 Å². The summed E-state index contributed by atoms with van der Waals surface area (Å²) < 4.78 is 8.02. The molecule has 6 nitrogen and oxygen atoms in total. The zero-order valence-corrected chi connectivity index (χ0v) is 18.5. The van der Waals surface area contributed by atoms with Crippen molar-refractivity contribution < 1.29 is 4.42 Å². The third-order valence-corrected chi connectivity index (χ3v) is 4.63. The molecule has 1 aromatic carbocycles. The average molecular weight is 489 g/mol. The highest BCUT2D eigenvalue weighted by Crippen LogP contribution is 2.23. The highest BCUT2D eigenvalue weighted by Gasteiger charge is 2.13. The summed E-state index contributed by atoms with van der Waals surface area (Å²) in [5.41, 5.74) is 3.96. The van der Waals surface area contributed by atoms with Crippen LogP contribution in [-0.4, -0.2) is 22.4 Å². The van der Waals surface area contributed by atoms with Crippen molar-refractivity contribution in [1.82, 2.24) is 20.0 Å². The number of nitrogens with zero attached hydrogens (tertiary/aromatic N) is 3. The molecule has 3 heterocycles. The van der Waals surface area contributed by atoms with Crippen LogP contribution in [-0.2, 0) is 6.54 Å². The Bertz CT molecular complexity index is 1080. The monoisotopic (exact) mass is 489 g/mol. The second kappa shape index (κ2) is 8.64. The summed E-state index contributed by atoms with van der Waals surface area (Å²) >= 11 is 0. The minimum absolute atomic E-state index is 0. The van der Waals surface area contributed by atoms with E-state index in [1.165, 1.54) is 0 Å². The average Bonchev–Trinajstić information content (AvgIpc) is 3.29.